The van der Waals surface area contributed by atoms with E-state index in [1.165, 1.54) is 6.07 Å². The van der Waals surface area contributed by atoms with Crippen LogP contribution < -0.4 is 5.56 Å². The Hall–Kier alpha value is -2.85. The molecule has 0 radical (unpaired) electrons. The number of carbonyl (C=O) groups excluding carboxylic acids is 1. The van der Waals surface area contributed by atoms with Crippen molar-refractivity contribution in [3.63, 3.8) is 0 Å². The zero-order valence-electron chi connectivity index (χ0n) is 20.3. The van der Waals surface area contributed by atoms with Crippen molar-refractivity contribution in [2.45, 2.75) is 38.7 Å². The number of carbonyl (C=O) groups is 2. The fourth-order valence-electron chi connectivity index (χ4n) is 3.51. The molecule has 0 bridgehead atoms. The molecule has 1 atom stereocenters. The number of aromatic nitrogens is 1. The summed E-state index contributed by atoms with van der Waals surface area (Å²) in [6.07, 6.45) is -5.18. The summed E-state index contributed by atoms with van der Waals surface area (Å²) in [5.41, 5.74) is 2.44. The van der Waals surface area contributed by atoms with Crippen LogP contribution in [0.4, 0.5) is 13.2 Å². The van der Waals surface area contributed by atoms with Crippen molar-refractivity contribution in [1.29, 1.82) is 0 Å². The summed E-state index contributed by atoms with van der Waals surface area (Å²) in [6.45, 7) is 2.81. The van der Waals surface area contributed by atoms with Gasteiger partial charge in [0.2, 0.25) is 6.29 Å². The minimum absolute atomic E-state index is 0.0115. The molecule has 0 amide bonds. The quantitative estimate of drug-likeness (QED) is 0.295. The molecule has 0 fully saturated rings. The zero-order valence-corrected chi connectivity index (χ0v) is 22.6. The van der Waals surface area contributed by atoms with E-state index in [-0.39, 0.29) is 22.2 Å². The van der Waals surface area contributed by atoms with Gasteiger partial charge in [-0.05, 0) is 55.8 Å². The maximum atomic E-state index is 12.8. The molecule has 38 heavy (non-hydrogen) atoms. The third-order valence-corrected chi connectivity index (χ3v) is 6.62. The minimum atomic E-state index is -4.64. The van der Waals surface area contributed by atoms with Crippen LogP contribution in [-0.2, 0) is 24.3 Å². The predicted octanol–water partition coefficient (Wildman–Crippen LogP) is 6.69. The summed E-state index contributed by atoms with van der Waals surface area (Å²) >= 11 is 19.0. The fraction of sp³-hybridized carbons (Fsp3) is 0.269. The number of benzene rings is 2. The largest absolute Gasteiger partial charge is 0.478 e. The number of aryl methyl sites for hydroxylation is 1. The van der Waals surface area contributed by atoms with E-state index >= 15 is 0 Å². The highest BCUT2D eigenvalue weighted by Crippen LogP contribution is 2.29. The molecule has 204 valence electrons. The van der Waals surface area contributed by atoms with Gasteiger partial charge in [-0.1, -0.05) is 65.1 Å². The van der Waals surface area contributed by atoms with Crippen molar-refractivity contribution in [3.8, 4) is 0 Å². The van der Waals surface area contributed by atoms with Crippen LogP contribution in [0.3, 0.4) is 0 Å². The predicted molar refractivity (Wildman–Crippen MR) is 141 cm³/mol. The van der Waals surface area contributed by atoms with Crippen molar-refractivity contribution < 1.29 is 27.9 Å². The molecule has 0 aliphatic carbocycles. The number of aromatic carboxylic acids is 1. The molecular weight excluding hydrogens is 568 g/mol. The standard InChI is InChI=1S/C24H23Cl3N2O3.C2HF3O/c1-15(18-5-3-4-6-19(18)25)28(2)14-22-20(26)13-21(27)23(30)29(22)12-11-16-7-9-17(10-8-16)24(31)32;3-2(4,5)1-6/h3-10,13,15H,11-12,14H2,1-2H3,(H,31,32);1H. The van der Waals surface area contributed by atoms with E-state index in [4.69, 9.17) is 44.7 Å². The van der Waals surface area contributed by atoms with Crippen LogP contribution in [0.5, 0.6) is 0 Å². The summed E-state index contributed by atoms with van der Waals surface area (Å²) < 4.78 is 32.8. The van der Waals surface area contributed by atoms with E-state index in [0.717, 1.165) is 11.1 Å². The lowest BCUT2D eigenvalue weighted by atomic mass is 10.1. The number of hydrogen-bond acceptors (Lipinski definition) is 4. The van der Waals surface area contributed by atoms with Gasteiger partial charge in [-0.15, -0.1) is 0 Å². The minimum Gasteiger partial charge on any atom is -0.478 e. The Labute approximate surface area is 232 Å². The van der Waals surface area contributed by atoms with Crippen LogP contribution in [0.15, 0.2) is 59.4 Å². The third kappa shape index (κ3) is 8.87. The van der Waals surface area contributed by atoms with E-state index in [0.29, 0.717) is 35.2 Å². The van der Waals surface area contributed by atoms with Crippen molar-refractivity contribution >= 4 is 47.1 Å². The second kappa shape index (κ2) is 13.8. The molecule has 12 heteroatoms. The summed E-state index contributed by atoms with van der Waals surface area (Å²) in [6, 6.07) is 15.7. The summed E-state index contributed by atoms with van der Waals surface area (Å²) in [7, 11) is 1.94. The maximum Gasteiger partial charge on any atom is 0.446 e. The molecule has 3 rings (SSSR count). The Morgan fingerprint density at radius 1 is 1.05 bits per heavy atom. The van der Waals surface area contributed by atoms with Gasteiger partial charge in [0.25, 0.3) is 5.56 Å². The van der Waals surface area contributed by atoms with Crippen LogP contribution >= 0.6 is 34.8 Å². The monoisotopic (exact) mass is 590 g/mol. The number of nitrogens with zero attached hydrogens (tertiary/aromatic N) is 2. The van der Waals surface area contributed by atoms with E-state index < -0.39 is 18.4 Å². The van der Waals surface area contributed by atoms with Gasteiger partial charge in [0.1, 0.15) is 5.02 Å². The lowest BCUT2D eigenvalue weighted by Gasteiger charge is -2.27. The van der Waals surface area contributed by atoms with Gasteiger partial charge in [-0.3, -0.25) is 14.5 Å². The Morgan fingerprint density at radius 2 is 1.63 bits per heavy atom. The molecule has 6 nitrogen and oxygen atoms in total. The van der Waals surface area contributed by atoms with Gasteiger partial charge >= 0.3 is 12.1 Å². The molecule has 0 saturated carbocycles. The van der Waals surface area contributed by atoms with E-state index in [9.17, 15) is 22.8 Å². The number of aldehydes is 1. The first-order valence-corrected chi connectivity index (χ1v) is 12.3. The average molecular weight is 592 g/mol. The Morgan fingerprint density at radius 3 is 2.16 bits per heavy atom. The van der Waals surface area contributed by atoms with Gasteiger partial charge in [0, 0.05) is 24.2 Å². The number of hydrogen-bond donors (Lipinski definition) is 1. The number of carboxylic acid groups (broad SMARTS) is 1. The lowest BCUT2D eigenvalue weighted by Crippen LogP contribution is -2.30. The lowest BCUT2D eigenvalue weighted by molar-refractivity contribution is -0.156. The van der Waals surface area contributed by atoms with Gasteiger partial charge in [0.15, 0.2) is 0 Å². The number of halogens is 6. The molecule has 0 spiro atoms. The molecule has 1 N–H and O–H groups in total. The summed E-state index contributed by atoms with van der Waals surface area (Å²) in [4.78, 5) is 34.7. The summed E-state index contributed by atoms with van der Waals surface area (Å²) in [5.74, 6) is -0.979. The van der Waals surface area contributed by atoms with Crippen molar-refractivity contribution in [1.82, 2.24) is 9.47 Å². The first-order chi connectivity index (χ1) is 17.7. The SMILES string of the molecule is CC(c1ccccc1Cl)N(C)Cc1c(Cl)cc(Cl)c(=O)n1CCc1ccc(C(=O)O)cc1.O=CC(F)(F)F. The average Bonchev–Trinajstić information content (AvgIpc) is 2.87. The smallest absolute Gasteiger partial charge is 0.446 e. The zero-order chi connectivity index (χ0) is 28.6. The maximum absolute atomic E-state index is 12.8. The topological polar surface area (TPSA) is 79.6 Å². The fourth-order valence-corrected chi connectivity index (χ4v) is 4.35. The van der Waals surface area contributed by atoms with Crippen LogP contribution in [0, 0.1) is 0 Å². The normalized spacial score (nSPS) is 12.0. The van der Waals surface area contributed by atoms with Crippen molar-refractivity contribution in [2.75, 3.05) is 7.05 Å². The van der Waals surface area contributed by atoms with Crippen molar-refractivity contribution in [2.24, 2.45) is 0 Å². The Bertz CT molecular complexity index is 1330. The number of pyridine rings is 1. The Balaban J connectivity index is 0.000000757. The third-order valence-electron chi connectivity index (χ3n) is 5.68. The van der Waals surface area contributed by atoms with Crippen LogP contribution in [0.2, 0.25) is 15.1 Å². The summed E-state index contributed by atoms with van der Waals surface area (Å²) in [5, 5.41) is 10.2. The highest BCUT2D eigenvalue weighted by Gasteiger charge is 2.25. The van der Waals surface area contributed by atoms with Gasteiger partial charge < -0.3 is 9.67 Å². The molecule has 1 aromatic heterocycles. The van der Waals surface area contributed by atoms with E-state index in [1.807, 2.05) is 38.2 Å². The number of rotatable bonds is 8. The molecule has 1 unspecified atom stereocenters. The van der Waals surface area contributed by atoms with Crippen LogP contribution in [-0.4, -0.2) is 40.1 Å². The second-order valence-electron chi connectivity index (χ2n) is 8.27. The molecule has 0 saturated heterocycles. The van der Waals surface area contributed by atoms with E-state index in [1.54, 1.807) is 28.8 Å². The van der Waals surface area contributed by atoms with Gasteiger partial charge in [-0.2, -0.15) is 13.2 Å². The molecule has 0 aliphatic heterocycles. The van der Waals surface area contributed by atoms with Crippen LogP contribution in [0.25, 0.3) is 0 Å². The molecule has 0 aliphatic rings. The highest BCUT2D eigenvalue weighted by atomic mass is 35.5. The highest BCUT2D eigenvalue weighted by molar-refractivity contribution is 6.34. The number of alkyl halides is 3. The molecular formula is C26H24Cl3F3N2O4. The Kier molecular flexibility index (Phi) is 11.4. The van der Waals surface area contributed by atoms with E-state index in [2.05, 4.69) is 4.90 Å². The molecule has 2 aromatic carbocycles. The number of carboxylic acids is 1. The van der Waals surface area contributed by atoms with Crippen molar-refractivity contribution in [3.05, 3.63) is 102 Å². The van der Waals surface area contributed by atoms with Gasteiger partial charge in [-0.25, -0.2) is 4.79 Å². The first kappa shape index (κ1) is 31.4. The molecule has 1 heterocycles. The van der Waals surface area contributed by atoms with Crippen LogP contribution in [0.1, 0.15) is 40.1 Å². The van der Waals surface area contributed by atoms with Gasteiger partial charge in [0.05, 0.1) is 16.3 Å². The first-order valence-electron chi connectivity index (χ1n) is 11.1. The molecule has 3 aromatic rings. The second-order valence-corrected chi connectivity index (χ2v) is 9.49.